The zero-order valence-corrected chi connectivity index (χ0v) is 8.27. The van der Waals surface area contributed by atoms with Crippen molar-refractivity contribution >= 4 is 0 Å². The van der Waals surface area contributed by atoms with Crippen molar-refractivity contribution in [2.75, 3.05) is 19.6 Å². The van der Waals surface area contributed by atoms with Gasteiger partial charge in [0.2, 0.25) is 0 Å². The summed E-state index contributed by atoms with van der Waals surface area (Å²) in [4.78, 5) is 2.68. The van der Waals surface area contributed by atoms with Crippen molar-refractivity contribution in [3.05, 3.63) is 0 Å². The van der Waals surface area contributed by atoms with Crippen LogP contribution in [0.4, 0.5) is 0 Å². The first kappa shape index (κ1) is 8.52. The van der Waals surface area contributed by atoms with Gasteiger partial charge in [-0.2, -0.15) is 0 Å². The van der Waals surface area contributed by atoms with E-state index in [1.54, 1.807) is 0 Å². The SMILES string of the molecule is CCC1CN(C2(C)CC2)CCN1. The lowest BCUT2D eigenvalue weighted by molar-refractivity contribution is 0.136. The lowest BCUT2D eigenvalue weighted by atomic mass is 10.1. The fourth-order valence-corrected chi connectivity index (χ4v) is 2.09. The lowest BCUT2D eigenvalue weighted by Gasteiger charge is -2.37. The third-order valence-electron chi connectivity index (χ3n) is 3.49. The second-order valence-electron chi connectivity index (χ2n) is 4.50. The predicted molar refractivity (Wildman–Crippen MR) is 51.3 cm³/mol. The Morgan fingerprint density at radius 1 is 1.50 bits per heavy atom. The highest BCUT2D eigenvalue weighted by molar-refractivity contribution is 5.01. The quantitative estimate of drug-likeness (QED) is 0.667. The third-order valence-corrected chi connectivity index (χ3v) is 3.49. The summed E-state index contributed by atoms with van der Waals surface area (Å²) in [5.74, 6) is 0. The summed E-state index contributed by atoms with van der Waals surface area (Å²) in [6.45, 7) is 8.40. The molecule has 1 aliphatic heterocycles. The molecular weight excluding hydrogens is 148 g/mol. The van der Waals surface area contributed by atoms with Crippen LogP contribution >= 0.6 is 0 Å². The van der Waals surface area contributed by atoms with Gasteiger partial charge in [0.15, 0.2) is 0 Å². The van der Waals surface area contributed by atoms with Crippen molar-refractivity contribution in [2.24, 2.45) is 0 Å². The average molecular weight is 168 g/mol. The van der Waals surface area contributed by atoms with Crippen LogP contribution in [-0.2, 0) is 0 Å². The number of rotatable bonds is 2. The minimum absolute atomic E-state index is 0.593. The van der Waals surface area contributed by atoms with E-state index in [2.05, 4.69) is 24.1 Å². The van der Waals surface area contributed by atoms with Crippen LogP contribution in [0.15, 0.2) is 0 Å². The Labute approximate surface area is 75.3 Å². The monoisotopic (exact) mass is 168 g/mol. The normalized spacial score (nSPS) is 35.0. The van der Waals surface area contributed by atoms with Gasteiger partial charge in [0.1, 0.15) is 0 Å². The van der Waals surface area contributed by atoms with Crippen LogP contribution in [0.25, 0.3) is 0 Å². The zero-order valence-electron chi connectivity index (χ0n) is 8.27. The lowest BCUT2D eigenvalue weighted by Crippen LogP contribution is -2.53. The molecule has 1 saturated heterocycles. The first-order chi connectivity index (χ1) is 5.74. The molecule has 1 aliphatic carbocycles. The zero-order chi connectivity index (χ0) is 8.60. The Bertz CT molecular complexity index is 163. The minimum Gasteiger partial charge on any atom is -0.311 e. The molecule has 1 heterocycles. The van der Waals surface area contributed by atoms with E-state index in [-0.39, 0.29) is 0 Å². The van der Waals surface area contributed by atoms with Crippen LogP contribution < -0.4 is 5.32 Å². The van der Waals surface area contributed by atoms with Crippen molar-refractivity contribution in [1.82, 2.24) is 10.2 Å². The number of piperazine rings is 1. The molecule has 2 heteroatoms. The molecule has 0 aromatic carbocycles. The maximum Gasteiger partial charge on any atom is 0.0193 e. The second kappa shape index (κ2) is 3.00. The van der Waals surface area contributed by atoms with E-state index in [1.807, 2.05) is 0 Å². The highest BCUT2D eigenvalue weighted by Crippen LogP contribution is 2.41. The maximum atomic E-state index is 3.56. The van der Waals surface area contributed by atoms with E-state index in [4.69, 9.17) is 0 Å². The van der Waals surface area contributed by atoms with Crippen LogP contribution in [0.3, 0.4) is 0 Å². The van der Waals surface area contributed by atoms with Gasteiger partial charge in [-0.05, 0) is 26.2 Å². The van der Waals surface area contributed by atoms with Crippen molar-refractivity contribution in [3.63, 3.8) is 0 Å². The molecule has 2 aliphatic rings. The molecule has 2 rings (SSSR count). The van der Waals surface area contributed by atoms with Gasteiger partial charge in [0.05, 0.1) is 0 Å². The summed E-state index contributed by atoms with van der Waals surface area (Å²) in [7, 11) is 0. The van der Waals surface area contributed by atoms with Crippen LogP contribution in [0.1, 0.15) is 33.1 Å². The summed E-state index contributed by atoms with van der Waals surface area (Å²) in [6, 6.07) is 0.746. The summed E-state index contributed by atoms with van der Waals surface area (Å²) in [5.41, 5.74) is 0.593. The van der Waals surface area contributed by atoms with E-state index < -0.39 is 0 Å². The number of nitrogens with one attached hydrogen (secondary N) is 1. The van der Waals surface area contributed by atoms with Gasteiger partial charge < -0.3 is 5.32 Å². The van der Waals surface area contributed by atoms with E-state index >= 15 is 0 Å². The molecule has 1 saturated carbocycles. The fourth-order valence-electron chi connectivity index (χ4n) is 2.09. The molecule has 0 aromatic heterocycles. The van der Waals surface area contributed by atoms with Crippen LogP contribution in [0, 0.1) is 0 Å². The van der Waals surface area contributed by atoms with Crippen molar-refractivity contribution < 1.29 is 0 Å². The van der Waals surface area contributed by atoms with E-state index in [0.29, 0.717) is 5.54 Å². The van der Waals surface area contributed by atoms with Crippen molar-refractivity contribution in [1.29, 1.82) is 0 Å². The highest BCUT2D eigenvalue weighted by atomic mass is 15.3. The van der Waals surface area contributed by atoms with E-state index in [1.165, 1.54) is 38.9 Å². The Hall–Kier alpha value is -0.0800. The first-order valence-corrected chi connectivity index (χ1v) is 5.23. The molecule has 1 atom stereocenters. The predicted octanol–water partition coefficient (Wildman–Crippen LogP) is 1.22. The third kappa shape index (κ3) is 1.50. The largest absolute Gasteiger partial charge is 0.311 e. The molecule has 1 unspecified atom stereocenters. The van der Waals surface area contributed by atoms with Crippen LogP contribution in [0.2, 0.25) is 0 Å². The van der Waals surface area contributed by atoms with Crippen LogP contribution in [0.5, 0.6) is 0 Å². The van der Waals surface area contributed by atoms with Gasteiger partial charge in [-0.3, -0.25) is 4.90 Å². The highest BCUT2D eigenvalue weighted by Gasteiger charge is 2.44. The smallest absolute Gasteiger partial charge is 0.0193 e. The molecule has 2 nitrogen and oxygen atoms in total. The molecule has 1 N–H and O–H groups in total. The van der Waals surface area contributed by atoms with Gasteiger partial charge in [0, 0.05) is 31.2 Å². The fraction of sp³-hybridized carbons (Fsp3) is 1.00. The van der Waals surface area contributed by atoms with Gasteiger partial charge in [-0.15, -0.1) is 0 Å². The van der Waals surface area contributed by atoms with E-state index in [9.17, 15) is 0 Å². The maximum absolute atomic E-state index is 3.56. The topological polar surface area (TPSA) is 15.3 Å². The molecule has 0 bridgehead atoms. The van der Waals surface area contributed by atoms with Crippen molar-refractivity contribution in [2.45, 2.75) is 44.7 Å². The molecule has 0 spiro atoms. The average Bonchev–Trinajstić information content (AvgIpc) is 2.85. The van der Waals surface area contributed by atoms with Crippen LogP contribution in [-0.4, -0.2) is 36.1 Å². The number of hydrogen-bond donors (Lipinski definition) is 1. The summed E-state index contributed by atoms with van der Waals surface area (Å²) in [6.07, 6.45) is 4.11. The standard InChI is InChI=1S/C10H20N2/c1-3-9-8-12(7-6-11-9)10(2)4-5-10/h9,11H,3-8H2,1-2H3. The van der Waals surface area contributed by atoms with E-state index in [0.717, 1.165) is 6.04 Å². The summed E-state index contributed by atoms with van der Waals surface area (Å²) in [5, 5.41) is 3.56. The Balaban J connectivity index is 1.90. The molecular formula is C10H20N2. The second-order valence-corrected chi connectivity index (χ2v) is 4.50. The molecule has 0 radical (unpaired) electrons. The Kier molecular flexibility index (Phi) is 2.13. The van der Waals surface area contributed by atoms with Gasteiger partial charge in [0.25, 0.3) is 0 Å². The minimum atomic E-state index is 0.593. The molecule has 0 aromatic rings. The van der Waals surface area contributed by atoms with Crippen molar-refractivity contribution in [3.8, 4) is 0 Å². The molecule has 0 amide bonds. The summed E-state index contributed by atoms with van der Waals surface area (Å²) < 4.78 is 0. The summed E-state index contributed by atoms with van der Waals surface area (Å²) >= 11 is 0. The molecule has 12 heavy (non-hydrogen) atoms. The van der Waals surface area contributed by atoms with Gasteiger partial charge >= 0.3 is 0 Å². The van der Waals surface area contributed by atoms with Gasteiger partial charge in [-0.25, -0.2) is 0 Å². The Morgan fingerprint density at radius 2 is 2.25 bits per heavy atom. The van der Waals surface area contributed by atoms with Gasteiger partial charge in [-0.1, -0.05) is 6.92 Å². The number of hydrogen-bond acceptors (Lipinski definition) is 2. The molecule has 2 fully saturated rings. The molecule has 70 valence electrons. The number of nitrogens with zero attached hydrogens (tertiary/aromatic N) is 1. The first-order valence-electron chi connectivity index (χ1n) is 5.23. The Morgan fingerprint density at radius 3 is 2.83 bits per heavy atom.